The highest BCUT2D eigenvalue weighted by atomic mass is 32.2. The summed E-state index contributed by atoms with van der Waals surface area (Å²) in [7, 11) is -0.888. The Kier molecular flexibility index (Phi) is 2.16. The lowest BCUT2D eigenvalue weighted by molar-refractivity contribution is 0.389. The molecule has 0 saturated heterocycles. The van der Waals surface area contributed by atoms with Crippen molar-refractivity contribution in [3.8, 4) is 0 Å². The molecule has 1 unspecified atom stereocenters. The van der Waals surface area contributed by atoms with Crippen LogP contribution in [0.1, 0.15) is 11.7 Å². The van der Waals surface area contributed by atoms with E-state index in [-0.39, 0.29) is 0 Å². The molecule has 0 fully saturated rings. The van der Waals surface area contributed by atoms with Crippen molar-refractivity contribution < 1.29 is 8.73 Å². The number of hydrogen-bond acceptors (Lipinski definition) is 4. The van der Waals surface area contributed by atoms with E-state index in [1.54, 1.807) is 13.2 Å². The smallest absolute Gasteiger partial charge is 0.223 e. The van der Waals surface area contributed by atoms with Crippen LogP contribution in [0.15, 0.2) is 4.52 Å². The van der Waals surface area contributed by atoms with Gasteiger partial charge < -0.3 is 4.52 Å². The SMILES string of the molecule is Cc1nc(CS(C)=O)no1. The third-order valence-corrected chi connectivity index (χ3v) is 1.57. The minimum Gasteiger partial charge on any atom is -0.340 e. The van der Waals surface area contributed by atoms with Gasteiger partial charge in [0.25, 0.3) is 0 Å². The molecule has 0 N–H and O–H groups in total. The lowest BCUT2D eigenvalue weighted by Gasteiger charge is -1.84. The van der Waals surface area contributed by atoms with Crippen molar-refractivity contribution >= 4 is 10.8 Å². The molecule has 1 atom stereocenters. The van der Waals surface area contributed by atoms with Crippen molar-refractivity contribution in [1.82, 2.24) is 10.1 Å². The van der Waals surface area contributed by atoms with Crippen molar-refractivity contribution in [2.75, 3.05) is 6.26 Å². The van der Waals surface area contributed by atoms with E-state index in [1.807, 2.05) is 0 Å². The summed E-state index contributed by atoms with van der Waals surface area (Å²) < 4.78 is 15.3. The maximum absolute atomic E-state index is 10.6. The van der Waals surface area contributed by atoms with Crippen molar-refractivity contribution in [2.24, 2.45) is 0 Å². The highest BCUT2D eigenvalue weighted by molar-refractivity contribution is 7.83. The van der Waals surface area contributed by atoms with E-state index in [4.69, 9.17) is 0 Å². The molecule has 0 spiro atoms. The van der Waals surface area contributed by atoms with Gasteiger partial charge in [-0.25, -0.2) is 0 Å². The van der Waals surface area contributed by atoms with Crippen LogP contribution in [0.25, 0.3) is 0 Å². The molecule has 1 heterocycles. The summed E-state index contributed by atoms with van der Waals surface area (Å²) in [5, 5.41) is 3.58. The topological polar surface area (TPSA) is 56.0 Å². The van der Waals surface area contributed by atoms with E-state index in [1.165, 1.54) is 0 Å². The van der Waals surface area contributed by atoms with E-state index in [0.29, 0.717) is 17.5 Å². The predicted octanol–water partition coefficient (Wildman–Crippen LogP) is 0.257. The van der Waals surface area contributed by atoms with Crippen LogP contribution in [0.2, 0.25) is 0 Å². The summed E-state index contributed by atoms with van der Waals surface area (Å²) in [6.45, 7) is 1.70. The van der Waals surface area contributed by atoms with Crippen LogP contribution >= 0.6 is 0 Å². The van der Waals surface area contributed by atoms with Gasteiger partial charge in [0, 0.05) is 24.0 Å². The lowest BCUT2D eigenvalue weighted by Crippen LogP contribution is -1.93. The summed E-state index contributed by atoms with van der Waals surface area (Å²) >= 11 is 0. The van der Waals surface area contributed by atoms with Crippen molar-refractivity contribution in [3.63, 3.8) is 0 Å². The lowest BCUT2D eigenvalue weighted by atomic mass is 10.7. The fraction of sp³-hybridized carbons (Fsp3) is 0.600. The molecule has 0 bridgehead atoms. The molecule has 0 aliphatic carbocycles. The summed E-state index contributed by atoms with van der Waals surface area (Å²) in [5.41, 5.74) is 0. The van der Waals surface area contributed by atoms with Crippen LogP contribution < -0.4 is 0 Å². The van der Waals surface area contributed by atoms with Gasteiger partial charge in [-0.05, 0) is 0 Å². The molecule has 5 heteroatoms. The molecule has 1 rings (SSSR count). The summed E-state index contributed by atoms with van der Waals surface area (Å²) in [6.07, 6.45) is 1.60. The fourth-order valence-corrected chi connectivity index (χ4v) is 1.06. The van der Waals surface area contributed by atoms with Gasteiger partial charge in [-0.15, -0.1) is 0 Å². The van der Waals surface area contributed by atoms with Gasteiger partial charge in [0.1, 0.15) is 0 Å². The normalized spacial score (nSPS) is 13.4. The maximum atomic E-state index is 10.6. The molecule has 0 saturated carbocycles. The summed E-state index contributed by atoms with van der Waals surface area (Å²) in [5.74, 6) is 1.40. The van der Waals surface area contributed by atoms with Crippen LogP contribution in [0.5, 0.6) is 0 Å². The van der Waals surface area contributed by atoms with Gasteiger partial charge in [-0.2, -0.15) is 4.98 Å². The summed E-state index contributed by atoms with van der Waals surface area (Å²) in [4.78, 5) is 3.88. The molecule has 0 amide bonds. The fourth-order valence-electron chi connectivity index (χ4n) is 0.582. The number of hydrogen-bond donors (Lipinski definition) is 0. The molecule has 0 radical (unpaired) electrons. The minimum atomic E-state index is -0.888. The van der Waals surface area contributed by atoms with Gasteiger partial charge in [0.05, 0.1) is 5.75 Å². The Hall–Kier alpha value is -0.710. The molecule has 0 aromatic carbocycles. The predicted molar refractivity (Wildman–Crippen MR) is 36.8 cm³/mol. The molecule has 1 aromatic rings. The minimum absolute atomic E-state index is 0.372. The largest absolute Gasteiger partial charge is 0.340 e. The van der Waals surface area contributed by atoms with Gasteiger partial charge in [-0.1, -0.05) is 5.16 Å². The number of rotatable bonds is 2. The molecule has 0 aliphatic rings. The first-order chi connectivity index (χ1) is 4.68. The second kappa shape index (κ2) is 2.92. The van der Waals surface area contributed by atoms with Crippen molar-refractivity contribution in [2.45, 2.75) is 12.7 Å². The Morgan fingerprint density at radius 2 is 2.40 bits per heavy atom. The number of nitrogens with zero attached hydrogens (tertiary/aromatic N) is 2. The molecule has 10 heavy (non-hydrogen) atoms. The number of aromatic nitrogens is 2. The van der Waals surface area contributed by atoms with Crippen LogP contribution in [-0.2, 0) is 16.6 Å². The third kappa shape index (κ3) is 1.91. The molecule has 0 aliphatic heterocycles. The average molecular weight is 160 g/mol. The second-order valence-electron chi connectivity index (χ2n) is 1.95. The molecular formula is C5H8N2O2S. The molecule has 1 aromatic heterocycles. The molecule has 4 nitrogen and oxygen atoms in total. The Bertz CT molecular complexity index is 246. The first kappa shape index (κ1) is 7.40. The van der Waals surface area contributed by atoms with Crippen LogP contribution in [0.4, 0.5) is 0 Å². The summed E-state index contributed by atoms with van der Waals surface area (Å²) in [6, 6.07) is 0. The zero-order valence-electron chi connectivity index (χ0n) is 5.83. The van der Waals surface area contributed by atoms with E-state index in [0.717, 1.165) is 0 Å². The Balaban J connectivity index is 2.67. The standard InChI is InChI=1S/C5H8N2O2S/c1-4-6-5(7-9-4)3-10(2)8/h3H2,1-2H3. The Morgan fingerprint density at radius 1 is 1.70 bits per heavy atom. The van der Waals surface area contributed by atoms with Crippen molar-refractivity contribution in [1.29, 1.82) is 0 Å². The van der Waals surface area contributed by atoms with Crippen LogP contribution in [0.3, 0.4) is 0 Å². The van der Waals surface area contributed by atoms with E-state index >= 15 is 0 Å². The van der Waals surface area contributed by atoms with Gasteiger partial charge in [0.15, 0.2) is 5.82 Å². The second-order valence-corrected chi connectivity index (χ2v) is 3.38. The quantitative estimate of drug-likeness (QED) is 0.622. The van der Waals surface area contributed by atoms with Crippen LogP contribution in [0, 0.1) is 6.92 Å². The Morgan fingerprint density at radius 3 is 2.80 bits per heavy atom. The zero-order chi connectivity index (χ0) is 7.56. The van der Waals surface area contributed by atoms with Crippen molar-refractivity contribution in [3.05, 3.63) is 11.7 Å². The first-order valence-electron chi connectivity index (χ1n) is 2.77. The monoisotopic (exact) mass is 160 g/mol. The average Bonchev–Trinajstić information content (AvgIpc) is 2.13. The van der Waals surface area contributed by atoms with Crippen LogP contribution in [-0.4, -0.2) is 20.6 Å². The Labute approximate surface area is 61.1 Å². The van der Waals surface area contributed by atoms with Gasteiger partial charge in [0.2, 0.25) is 5.89 Å². The molecular weight excluding hydrogens is 152 g/mol. The first-order valence-corrected chi connectivity index (χ1v) is 4.50. The van der Waals surface area contributed by atoms with Gasteiger partial charge >= 0.3 is 0 Å². The molecule has 56 valence electrons. The van der Waals surface area contributed by atoms with E-state index in [9.17, 15) is 4.21 Å². The van der Waals surface area contributed by atoms with E-state index < -0.39 is 10.8 Å². The van der Waals surface area contributed by atoms with E-state index in [2.05, 4.69) is 14.7 Å². The van der Waals surface area contributed by atoms with Gasteiger partial charge in [-0.3, -0.25) is 4.21 Å². The third-order valence-electron chi connectivity index (χ3n) is 0.902. The highest BCUT2D eigenvalue weighted by Crippen LogP contribution is 1.96. The number of aryl methyl sites for hydroxylation is 1. The zero-order valence-corrected chi connectivity index (χ0v) is 6.64. The highest BCUT2D eigenvalue weighted by Gasteiger charge is 2.02. The maximum Gasteiger partial charge on any atom is 0.223 e.